The maximum absolute atomic E-state index is 10.4. The molecule has 12 heavy (non-hydrogen) atoms. The highest BCUT2D eigenvalue weighted by atomic mass is 32.2. The molecule has 0 spiro atoms. The average molecular weight is 192 g/mol. The first-order valence-electron chi connectivity index (χ1n) is 3.90. The van der Waals surface area contributed by atoms with Crippen LogP contribution in [0.3, 0.4) is 0 Å². The van der Waals surface area contributed by atoms with Gasteiger partial charge in [-0.05, 0) is 18.6 Å². The van der Waals surface area contributed by atoms with Gasteiger partial charge in [0.25, 0.3) is 0 Å². The smallest absolute Gasteiger partial charge is 0.336 e. The minimum absolute atomic E-state index is 0.251. The van der Waals surface area contributed by atoms with E-state index in [1.807, 2.05) is 0 Å². The maximum atomic E-state index is 10.4. The van der Waals surface area contributed by atoms with Gasteiger partial charge in [-0.15, -0.1) is 0 Å². The van der Waals surface area contributed by atoms with Crippen LogP contribution in [-0.2, 0) is 4.79 Å². The van der Waals surface area contributed by atoms with E-state index in [9.17, 15) is 9.90 Å². The quantitative estimate of drug-likeness (QED) is 0.687. The van der Waals surface area contributed by atoms with Crippen LogP contribution in [0.1, 0.15) is 20.8 Å². The second-order valence-electron chi connectivity index (χ2n) is 3.49. The largest absolute Gasteiger partial charge is 0.479 e. The first kappa shape index (κ1) is 11.8. The van der Waals surface area contributed by atoms with E-state index in [0.29, 0.717) is 5.92 Å². The zero-order valence-corrected chi connectivity index (χ0v) is 8.52. The summed E-state index contributed by atoms with van der Waals surface area (Å²) in [6.45, 7) is 5.44. The molecule has 0 aromatic rings. The van der Waals surface area contributed by atoms with Crippen molar-refractivity contribution in [1.29, 1.82) is 0 Å². The van der Waals surface area contributed by atoms with Crippen molar-refractivity contribution in [3.63, 3.8) is 0 Å². The number of carboxylic acids is 1. The minimum atomic E-state index is -1.58. The van der Waals surface area contributed by atoms with Crippen LogP contribution >= 0.6 is 11.8 Å². The zero-order chi connectivity index (χ0) is 9.78. The number of aliphatic hydroxyl groups is 1. The Morgan fingerprint density at radius 2 is 2.08 bits per heavy atom. The number of hydrogen-bond acceptors (Lipinski definition) is 3. The van der Waals surface area contributed by atoms with Gasteiger partial charge in [0.1, 0.15) is 0 Å². The SMILES string of the molecule is CC(C)CSCC(C)(O)C(=O)O. The van der Waals surface area contributed by atoms with Gasteiger partial charge >= 0.3 is 5.97 Å². The third-order valence-corrected chi connectivity index (χ3v) is 2.96. The molecule has 72 valence electrons. The van der Waals surface area contributed by atoms with Crippen LogP contribution in [0.4, 0.5) is 0 Å². The van der Waals surface area contributed by atoms with Crippen LogP contribution in [-0.4, -0.2) is 33.3 Å². The fourth-order valence-corrected chi connectivity index (χ4v) is 1.67. The molecule has 1 unspecified atom stereocenters. The molecule has 0 aliphatic rings. The summed E-state index contributed by atoms with van der Waals surface area (Å²) in [5, 5.41) is 17.8. The summed E-state index contributed by atoms with van der Waals surface area (Å²) in [6.07, 6.45) is 0. The Morgan fingerprint density at radius 3 is 2.42 bits per heavy atom. The summed E-state index contributed by atoms with van der Waals surface area (Å²) < 4.78 is 0. The van der Waals surface area contributed by atoms with Crippen molar-refractivity contribution in [2.45, 2.75) is 26.4 Å². The number of thioether (sulfide) groups is 1. The van der Waals surface area contributed by atoms with E-state index in [1.165, 1.54) is 18.7 Å². The Morgan fingerprint density at radius 1 is 1.58 bits per heavy atom. The first-order valence-corrected chi connectivity index (χ1v) is 5.05. The van der Waals surface area contributed by atoms with Crippen LogP contribution in [0.25, 0.3) is 0 Å². The normalized spacial score (nSPS) is 16.1. The standard InChI is InChI=1S/C8H16O3S/c1-6(2)4-12-5-8(3,11)7(9)10/h6,11H,4-5H2,1-3H3,(H,9,10). The van der Waals surface area contributed by atoms with Gasteiger partial charge in [-0.2, -0.15) is 11.8 Å². The molecule has 2 N–H and O–H groups in total. The molecule has 0 radical (unpaired) electrons. The summed E-state index contributed by atoms with van der Waals surface area (Å²) in [7, 11) is 0. The van der Waals surface area contributed by atoms with Gasteiger partial charge in [0.05, 0.1) is 0 Å². The fraction of sp³-hybridized carbons (Fsp3) is 0.875. The van der Waals surface area contributed by atoms with Gasteiger partial charge < -0.3 is 10.2 Å². The number of hydrogen-bond donors (Lipinski definition) is 2. The molecule has 4 heteroatoms. The van der Waals surface area contributed by atoms with E-state index in [0.717, 1.165) is 5.75 Å². The third kappa shape index (κ3) is 4.62. The Kier molecular flexibility index (Phi) is 4.63. The van der Waals surface area contributed by atoms with Gasteiger partial charge in [0.15, 0.2) is 5.60 Å². The van der Waals surface area contributed by atoms with Gasteiger partial charge in [-0.1, -0.05) is 13.8 Å². The molecule has 0 saturated heterocycles. The Labute approximate surface area is 77.2 Å². The predicted molar refractivity (Wildman–Crippen MR) is 50.4 cm³/mol. The van der Waals surface area contributed by atoms with E-state index in [-0.39, 0.29) is 5.75 Å². The monoisotopic (exact) mass is 192 g/mol. The summed E-state index contributed by atoms with van der Waals surface area (Å²) in [5.74, 6) is 0.502. The van der Waals surface area contributed by atoms with Crippen molar-refractivity contribution in [2.24, 2.45) is 5.92 Å². The molecular weight excluding hydrogens is 176 g/mol. The lowest BCUT2D eigenvalue weighted by molar-refractivity contribution is -0.154. The van der Waals surface area contributed by atoms with Gasteiger partial charge in [-0.25, -0.2) is 4.79 Å². The van der Waals surface area contributed by atoms with Crippen molar-refractivity contribution in [1.82, 2.24) is 0 Å². The minimum Gasteiger partial charge on any atom is -0.479 e. The zero-order valence-electron chi connectivity index (χ0n) is 7.70. The van der Waals surface area contributed by atoms with Crippen LogP contribution in [0.5, 0.6) is 0 Å². The van der Waals surface area contributed by atoms with E-state index in [1.54, 1.807) is 0 Å². The molecule has 0 aliphatic carbocycles. The Balaban J connectivity index is 3.69. The number of carboxylic acid groups (broad SMARTS) is 1. The van der Waals surface area contributed by atoms with Crippen LogP contribution < -0.4 is 0 Å². The van der Waals surface area contributed by atoms with Gasteiger partial charge in [0.2, 0.25) is 0 Å². The van der Waals surface area contributed by atoms with Crippen LogP contribution in [0.2, 0.25) is 0 Å². The third-order valence-electron chi connectivity index (χ3n) is 1.30. The molecule has 1 atom stereocenters. The molecule has 3 nitrogen and oxygen atoms in total. The van der Waals surface area contributed by atoms with Crippen molar-refractivity contribution >= 4 is 17.7 Å². The summed E-state index contributed by atoms with van der Waals surface area (Å²) in [5.41, 5.74) is -1.58. The lowest BCUT2D eigenvalue weighted by atomic mass is 10.1. The second-order valence-corrected chi connectivity index (χ2v) is 4.52. The average Bonchev–Trinajstić information content (AvgIpc) is 1.85. The number of carbonyl (C=O) groups is 1. The van der Waals surface area contributed by atoms with E-state index in [4.69, 9.17) is 5.11 Å². The number of aliphatic carboxylic acids is 1. The van der Waals surface area contributed by atoms with Crippen molar-refractivity contribution < 1.29 is 15.0 Å². The molecule has 0 rings (SSSR count). The molecule has 0 aromatic carbocycles. The fourth-order valence-electron chi connectivity index (χ4n) is 0.555. The van der Waals surface area contributed by atoms with E-state index < -0.39 is 11.6 Å². The highest BCUT2D eigenvalue weighted by Gasteiger charge is 2.29. The van der Waals surface area contributed by atoms with Crippen molar-refractivity contribution in [3.8, 4) is 0 Å². The topological polar surface area (TPSA) is 57.5 Å². The molecule has 0 aliphatic heterocycles. The molecule has 0 bridgehead atoms. The van der Waals surface area contributed by atoms with Gasteiger partial charge in [0, 0.05) is 5.75 Å². The molecule has 0 aromatic heterocycles. The lowest BCUT2D eigenvalue weighted by Gasteiger charge is -2.17. The summed E-state index contributed by atoms with van der Waals surface area (Å²) >= 11 is 1.47. The molecular formula is C8H16O3S. The summed E-state index contributed by atoms with van der Waals surface area (Å²) in [6, 6.07) is 0. The second kappa shape index (κ2) is 4.72. The maximum Gasteiger partial charge on any atom is 0.336 e. The van der Waals surface area contributed by atoms with Crippen molar-refractivity contribution in [3.05, 3.63) is 0 Å². The highest BCUT2D eigenvalue weighted by Crippen LogP contribution is 2.15. The number of rotatable bonds is 5. The Hall–Kier alpha value is -0.220. The van der Waals surface area contributed by atoms with Crippen LogP contribution in [0.15, 0.2) is 0 Å². The van der Waals surface area contributed by atoms with Crippen molar-refractivity contribution in [2.75, 3.05) is 11.5 Å². The molecule has 0 heterocycles. The lowest BCUT2D eigenvalue weighted by Crippen LogP contribution is -2.37. The Bertz CT molecular complexity index is 154. The van der Waals surface area contributed by atoms with Gasteiger partial charge in [-0.3, -0.25) is 0 Å². The molecule has 0 amide bonds. The van der Waals surface area contributed by atoms with E-state index in [2.05, 4.69) is 13.8 Å². The summed E-state index contributed by atoms with van der Waals surface area (Å²) in [4.78, 5) is 10.4. The highest BCUT2D eigenvalue weighted by molar-refractivity contribution is 7.99. The predicted octanol–water partition coefficient (Wildman–Crippen LogP) is 1.21. The van der Waals surface area contributed by atoms with Crippen LogP contribution in [0, 0.1) is 5.92 Å². The first-order chi connectivity index (χ1) is 5.36. The molecule has 0 saturated carbocycles. The van der Waals surface area contributed by atoms with E-state index >= 15 is 0 Å². The molecule has 0 fully saturated rings.